The van der Waals surface area contributed by atoms with Gasteiger partial charge >= 0.3 is 0 Å². The fourth-order valence-corrected chi connectivity index (χ4v) is 5.77. The Morgan fingerprint density at radius 2 is 0.783 bits per heavy atom. The predicted octanol–water partition coefficient (Wildman–Crippen LogP) is 9.82. The SMILES string of the molecule is c1ccc(-c2nc(-c3ccc(-c4ccc(-c5ccncc5)c(-c5ccncc5)c4)cc3)nc(-c3ccc4ccccc4c3)n2)cc1. The molecule has 0 amide bonds. The average molecular weight is 590 g/mol. The molecule has 5 heteroatoms. The van der Waals surface area contributed by atoms with Crippen LogP contribution >= 0.6 is 0 Å². The lowest BCUT2D eigenvalue weighted by atomic mass is 9.91. The maximum Gasteiger partial charge on any atom is 0.164 e. The van der Waals surface area contributed by atoms with E-state index in [1.54, 1.807) is 0 Å². The Kier molecular flexibility index (Phi) is 7.09. The Morgan fingerprint density at radius 1 is 0.283 bits per heavy atom. The van der Waals surface area contributed by atoms with Crippen LogP contribution in [0.2, 0.25) is 0 Å². The monoisotopic (exact) mass is 589 g/mol. The van der Waals surface area contributed by atoms with Crippen molar-refractivity contribution in [3.8, 4) is 67.5 Å². The Labute approximate surface area is 267 Å². The molecule has 0 unspecified atom stereocenters. The highest BCUT2D eigenvalue weighted by atomic mass is 15.0. The van der Waals surface area contributed by atoms with Crippen LogP contribution in [0.15, 0.2) is 164 Å². The molecule has 0 fully saturated rings. The molecule has 3 heterocycles. The first kappa shape index (κ1) is 27.2. The standard InChI is InChI=1S/C41H27N5/c1-2-7-32(8-3-1)39-44-40(46-41(45-39)36-15-12-28-6-4-5-9-34(28)26-36)33-13-10-29(11-14-33)35-16-17-37(30-18-22-42-23-19-30)38(27-35)31-20-24-43-25-21-31/h1-27H. The van der Waals surface area contributed by atoms with E-state index in [1.807, 2.05) is 79.4 Å². The fraction of sp³-hybridized carbons (Fsp3) is 0. The zero-order valence-corrected chi connectivity index (χ0v) is 24.8. The van der Waals surface area contributed by atoms with Gasteiger partial charge < -0.3 is 0 Å². The highest BCUT2D eigenvalue weighted by molar-refractivity contribution is 5.88. The Balaban J connectivity index is 1.20. The van der Waals surface area contributed by atoms with Crippen molar-refractivity contribution in [2.45, 2.75) is 0 Å². The van der Waals surface area contributed by atoms with Crippen LogP contribution in [0.1, 0.15) is 0 Å². The van der Waals surface area contributed by atoms with Crippen molar-refractivity contribution in [2.24, 2.45) is 0 Å². The smallest absolute Gasteiger partial charge is 0.164 e. The molecule has 0 N–H and O–H groups in total. The first-order chi connectivity index (χ1) is 22.8. The van der Waals surface area contributed by atoms with Gasteiger partial charge in [-0.15, -0.1) is 0 Å². The van der Waals surface area contributed by atoms with E-state index in [0.717, 1.165) is 55.5 Å². The van der Waals surface area contributed by atoms with Crippen molar-refractivity contribution in [3.05, 3.63) is 164 Å². The Bertz CT molecular complexity index is 2290. The molecule has 8 aromatic rings. The molecule has 46 heavy (non-hydrogen) atoms. The van der Waals surface area contributed by atoms with Crippen LogP contribution in [0.25, 0.3) is 78.3 Å². The van der Waals surface area contributed by atoms with E-state index in [-0.39, 0.29) is 0 Å². The zero-order valence-electron chi connectivity index (χ0n) is 24.8. The molecular formula is C41H27N5. The van der Waals surface area contributed by atoms with Crippen molar-refractivity contribution < 1.29 is 0 Å². The van der Waals surface area contributed by atoms with Gasteiger partial charge in [-0.25, -0.2) is 15.0 Å². The molecule has 0 bridgehead atoms. The lowest BCUT2D eigenvalue weighted by Gasteiger charge is -2.13. The van der Waals surface area contributed by atoms with E-state index >= 15 is 0 Å². The van der Waals surface area contributed by atoms with Crippen LogP contribution in [0.3, 0.4) is 0 Å². The minimum atomic E-state index is 0.633. The van der Waals surface area contributed by atoms with Gasteiger partial charge in [0, 0.05) is 41.5 Å². The molecule has 216 valence electrons. The third kappa shape index (κ3) is 5.42. The maximum absolute atomic E-state index is 4.97. The number of nitrogens with zero attached hydrogens (tertiary/aromatic N) is 5. The molecular weight excluding hydrogens is 562 g/mol. The van der Waals surface area contributed by atoms with Gasteiger partial charge in [-0.1, -0.05) is 103 Å². The lowest BCUT2D eigenvalue weighted by Crippen LogP contribution is -2.00. The molecule has 0 spiro atoms. The van der Waals surface area contributed by atoms with Gasteiger partial charge in [0.2, 0.25) is 0 Å². The van der Waals surface area contributed by atoms with Crippen molar-refractivity contribution in [2.75, 3.05) is 0 Å². The van der Waals surface area contributed by atoms with E-state index in [2.05, 4.69) is 94.9 Å². The molecule has 0 radical (unpaired) electrons. The van der Waals surface area contributed by atoms with E-state index in [1.165, 1.54) is 5.39 Å². The second kappa shape index (κ2) is 12.0. The summed E-state index contributed by atoms with van der Waals surface area (Å²) in [5.74, 6) is 1.92. The highest BCUT2D eigenvalue weighted by Crippen LogP contribution is 2.36. The van der Waals surface area contributed by atoms with Crippen molar-refractivity contribution in [3.63, 3.8) is 0 Å². The van der Waals surface area contributed by atoms with Gasteiger partial charge in [0.05, 0.1) is 0 Å². The molecule has 5 aromatic carbocycles. The third-order valence-corrected chi connectivity index (χ3v) is 8.15. The number of pyridine rings is 2. The number of fused-ring (bicyclic) bond motifs is 1. The van der Waals surface area contributed by atoms with Gasteiger partial charge in [-0.2, -0.15) is 0 Å². The van der Waals surface area contributed by atoms with Crippen LogP contribution in [-0.4, -0.2) is 24.9 Å². The van der Waals surface area contributed by atoms with Gasteiger partial charge in [0.1, 0.15) is 0 Å². The first-order valence-corrected chi connectivity index (χ1v) is 15.1. The Hall–Kier alpha value is -6.33. The third-order valence-electron chi connectivity index (χ3n) is 8.15. The van der Waals surface area contributed by atoms with Gasteiger partial charge in [0.25, 0.3) is 0 Å². The molecule has 8 rings (SSSR count). The summed E-state index contributed by atoms with van der Waals surface area (Å²) in [5.41, 5.74) is 9.56. The summed E-state index contributed by atoms with van der Waals surface area (Å²) in [6.07, 6.45) is 7.32. The molecule has 0 aliphatic heterocycles. The van der Waals surface area contributed by atoms with E-state index in [9.17, 15) is 0 Å². The van der Waals surface area contributed by atoms with Crippen LogP contribution < -0.4 is 0 Å². The minimum Gasteiger partial charge on any atom is -0.265 e. The zero-order chi connectivity index (χ0) is 30.7. The molecule has 0 atom stereocenters. The number of aromatic nitrogens is 5. The topological polar surface area (TPSA) is 64.5 Å². The summed E-state index contributed by atoms with van der Waals surface area (Å²) >= 11 is 0. The number of hydrogen-bond acceptors (Lipinski definition) is 5. The summed E-state index contributed by atoms with van der Waals surface area (Å²) in [6, 6.07) is 47.9. The van der Waals surface area contributed by atoms with Crippen LogP contribution in [0, 0.1) is 0 Å². The van der Waals surface area contributed by atoms with E-state index in [0.29, 0.717) is 17.5 Å². The van der Waals surface area contributed by atoms with Crippen molar-refractivity contribution in [1.82, 2.24) is 24.9 Å². The van der Waals surface area contributed by atoms with Crippen LogP contribution in [0.5, 0.6) is 0 Å². The first-order valence-electron chi connectivity index (χ1n) is 15.1. The number of benzene rings is 5. The second-order valence-electron chi connectivity index (χ2n) is 11.0. The molecule has 5 nitrogen and oxygen atoms in total. The van der Waals surface area contributed by atoms with Gasteiger partial charge in [-0.05, 0) is 80.6 Å². The van der Waals surface area contributed by atoms with E-state index in [4.69, 9.17) is 15.0 Å². The highest BCUT2D eigenvalue weighted by Gasteiger charge is 2.14. The minimum absolute atomic E-state index is 0.633. The van der Waals surface area contributed by atoms with Gasteiger partial charge in [-0.3, -0.25) is 9.97 Å². The summed E-state index contributed by atoms with van der Waals surface area (Å²) in [4.78, 5) is 23.3. The largest absolute Gasteiger partial charge is 0.265 e. The summed E-state index contributed by atoms with van der Waals surface area (Å²) < 4.78 is 0. The van der Waals surface area contributed by atoms with Crippen LogP contribution in [0.4, 0.5) is 0 Å². The fourth-order valence-electron chi connectivity index (χ4n) is 5.77. The maximum atomic E-state index is 4.97. The molecule has 3 aromatic heterocycles. The molecule has 0 aliphatic rings. The van der Waals surface area contributed by atoms with Crippen LogP contribution in [-0.2, 0) is 0 Å². The lowest BCUT2D eigenvalue weighted by molar-refractivity contribution is 1.07. The van der Waals surface area contributed by atoms with Crippen molar-refractivity contribution in [1.29, 1.82) is 0 Å². The number of rotatable bonds is 6. The summed E-state index contributed by atoms with van der Waals surface area (Å²) in [5, 5.41) is 2.33. The predicted molar refractivity (Wildman–Crippen MR) is 186 cm³/mol. The quantitative estimate of drug-likeness (QED) is 0.193. The second-order valence-corrected chi connectivity index (χ2v) is 11.0. The normalized spacial score (nSPS) is 11.0. The molecule has 0 saturated carbocycles. The Morgan fingerprint density at radius 3 is 1.46 bits per heavy atom. The molecule has 0 saturated heterocycles. The number of hydrogen-bond donors (Lipinski definition) is 0. The summed E-state index contributed by atoms with van der Waals surface area (Å²) in [7, 11) is 0. The van der Waals surface area contributed by atoms with Gasteiger partial charge in [0.15, 0.2) is 17.5 Å². The van der Waals surface area contributed by atoms with E-state index < -0.39 is 0 Å². The average Bonchev–Trinajstić information content (AvgIpc) is 3.15. The van der Waals surface area contributed by atoms with Crippen molar-refractivity contribution >= 4 is 10.8 Å². The summed E-state index contributed by atoms with van der Waals surface area (Å²) in [6.45, 7) is 0. The molecule has 0 aliphatic carbocycles.